The minimum atomic E-state index is 0.0801. The van der Waals surface area contributed by atoms with Gasteiger partial charge in [-0.25, -0.2) is 0 Å². The van der Waals surface area contributed by atoms with Crippen molar-refractivity contribution in [2.45, 2.75) is 32.2 Å². The highest BCUT2D eigenvalue weighted by atomic mass is 16.3. The van der Waals surface area contributed by atoms with Crippen molar-refractivity contribution in [3.8, 4) is 0 Å². The Bertz CT molecular complexity index is 253. The van der Waals surface area contributed by atoms with Crippen molar-refractivity contribution >= 4 is 5.91 Å². The van der Waals surface area contributed by atoms with Crippen LogP contribution in [0.4, 0.5) is 0 Å². The molecule has 0 aromatic carbocycles. The highest BCUT2D eigenvalue weighted by molar-refractivity contribution is 5.80. The summed E-state index contributed by atoms with van der Waals surface area (Å²) in [6.45, 7) is 4.45. The third-order valence-electron chi connectivity index (χ3n) is 3.97. The number of hydrogen-bond acceptors (Lipinski definition) is 3. The van der Waals surface area contributed by atoms with Crippen molar-refractivity contribution in [3.05, 3.63) is 0 Å². The third kappa shape index (κ3) is 2.23. The van der Waals surface area contributed by atoms with E-state index in [-0.39, 0.29) is 18.4 Å². The van der Waals surface area contributed by atoms with Crippen LogP contribution in [0, 0.1) is 11.8 Å². The van der Waals surface area contributed by atoms with Gasteiger partial charge in [-0.3, -0.25) is 4.79 Å². The number of aliphatic hydroxyl groups is 1. The number of amides is 1. The van der Waals surface area contributed by atoms with Crippen LogP contribution in [-0.2, 0) is 4.79 Å². The van der Waals surface area contributed by atoms with E-state index in [0.29, 0.717) is 18.5 Å². The van der Waals surface area contributed by atoms with Gasteiger partial charge in [0, 0.05) is 19.1 Å². The topological polar surface area (TPSA) is 52.6 Å². The third-order valence-corrected chi connectivity index (χ3v) is 3.97. The van der Waals surface area contributed by atoms with Crippen LogP contribution in [0.1, 0.15) is 26.2 Å². The van der Waals surface area contributed by atoms with E-state index in [4.69, 9.17) is 5.11 Å². The van der Waals surface area contributed by atoms with E-state index in [1.54, 1.807) is 0 Å². The van der Waals surface area contributed by atoms with Gasteiger partial charge in [-0.05, 0) is 31.7 Å². The van der Waals surface area contributed by atoms with E-state index in [1.165, 1.54) is 6.42 Å². The summed E-state index contributed by atoms with van der Waals surface area (Å²) in [6, 6.07) is 0.396. The van der Waals surface area contributed by atoms with E-state index in [1.807, 2.05) is 4.90 Å². The Morgan fingerprint density at radius 1 is 1.44 bits per heavy atom. The van der Waals surface area contributed by atoms with Gasteiger partial charge in [-0.2, -0.15) is 0 Å². The molecule has 2 N–H and O–H groups in total. The fourth-order valence-corrected chi connectivity index (χ4v) is 2.63. The van der Waals surface area contributed by atoms with Gasteiger partial charge in [0.2, 0.25) is 5.91 Å². The summed E-state index contributed by atoms with van der Waals surface area (Å²) in [6.07, 6.45) is 3.44. The normalized spacial score (nSPS) is 30.1. The summed E-state index contributed by atoms with van der Waals surface area (Å²) in [5.74, 6) is 0.789. The highest BCUT2D eigenvalue weighted by Gasteiger charge is 2.36. The maximum absolute atomic E-state index is 12.4. The van der Waals surface area contributed by atoms with Gasteiger partial charge in [-0.15, -0.1) is 0 Å². The molecule has 0 aromatic rings. The molecule has 4 nitrogen and oxygen atoms in total. The Kier molecular flexibility index (Phi) is 3.82. The van der Waals surface area contributed by atoms with E-state index in [2.05, 4.69) is 12.2 Å². The van der Waals surface area contributed by atoms with Crippen LogP contribution in [0.25, 0.3) is 0 Å². The second-order valence-electron chi connectivity index (χ2n) is 5.08. The minimum Gasteiger partial charge on any atom is -0.395 e. The Hall–Kier alpha value is -0.610. The standard InChI is InChI=1S/C12H22N2O2/c1-9-7-13-8-11(9)12(16)14(5-6-15)10-3-2-4-10/h9-11,13,15H,2-8H2,1H3/t9-,11-/m1/s1. The number of hydrogen-bond donors (Lipinski definition) is 2. The minimum absolute atomic E-state index is 0.0801. The number of rotatable bonds is 4. The first-order valence-corrected chi connectivity index (χ1v) is 6.36. The molecule has 1 aliphatic carbocycles. The molecule has 0 bridgehead atoms. The fraction of sp³-hybridized carbons (Fsp3) is 0.917. The molecule has 4 heteroatoms. The highest BCUT2D eigenvalue weighted by Crippen LogP contribution is 2.28. The lowest BCUT2D eigenvalue weighted by molar-refractivity contribution is -0.140. The first-order chi connectivity index (χ1) is 7.74. The molecule has 0 unspecified atom stereocenters. The lowest BCUT2D eigenvalue weighted by Gasteiger charge is -2.39. The first-order valence-electron chi connectivity index (χ1n) is 6.36. The maximum Gasteiger partial charge on any atom is 0.227 e. The van der Waals surface area contributed by atoms with Crippen LogP contribution in [0.3, 0.4) is 0 Å². The second-order valence-corrected chi connectivity index (χ2v) is 5.08. The lowest BCUT2D eigenvalue weighted by Crippen LogP contribution is -2.49. The Morgan fingerprint density at radius 2 is 2.19 bits per heavy atom. The monoisotopic (exact) mass is 226 g/mol. The van der Waals surface area contributed by atoms with Crippen molar-refractivity contribution in [2.75, 3.05) is 26.2 Å². The lowest BCUT2D eigenvalue weighted by atomic mass is 9.89. The number of nitrogens with zero attached hydrogens (tertiary/aromatic N) is 1. The average molecular weight is 226 g/mol. The molecular weight excluding hydrogens is 204 g/mol. The van der Waals surface area contributed by atoms with Crippen molar-refractivity contribution in [1.82, 2.24) is 10.2 Å². The van der Waals surface area contributed by atoms with Crippen molar-refractivity contribution in [3.63, 3.8) is 0 Å². The van der Waals surface area contributed by atoms with Gasteiger partial charge in [0.15, 0.2) is 0 Å². The quantitative estimate of drug-likeness (QED) is 0.721. The molecule has 16 heavy (non-hydrogen) atoms. The molecule has 2 atom stereocenters. The molecule has 1 aliphatic heterocycles. The second kappa shape index (κ2) is 5.15. The molecular formula is C12H22N2O2. The molecule has 2 fully saturated rings. The van der Waals surface area contributed by atoms with Crippen LogP contribution >= 0.6 is 0 Å². The molecule has 1 saturated carbocycles. The molecule has 0 radical (unpaired) electrons. The summed E-state index contributed by atoms with van der Waals surface area (Å²) >= 11 is 0. The van der Waals surface area contributed by atoms with Crippen LogP contribution in [0.15, 0.2) is 0 Å². The first kappa shape index (κ1) is 11.9. The number of nitrogens with one attached hydrogen (secondary N) is 1. The largest absolute Gasteiger partial charge is 0.395 e. The average Bonchev–Trinajstić information content (AvgIpc) is 2.60. The van der Waals surface area contributed by atoms with Gasteiger partial charge in [-0.1, -0.05) is 6.92 Å². The van der Waals surface area contributed by atoms with Crippen molar-refractivity contribution < 1.29 is 9.90 Å². The Balaban J connectivity index is 1.98. The Morgan fingerprint density at radius 3 is 2.62 bits per heavy atom. The molecule has 1 saturated heterocycles. The van der Waals surface area contributed by atoms with E-state index < -0.39 is 0 Å². The Labute approximate surface area is 97.0 Å². The van der Waals surface area contributed by atoms with Gasteiger partial charge >= 0.3 is 0 Å². The summed E-state index contributed by atoms with van der Waals surface area (Å²) in [5, 5.41) is 12.3. The van der Waals surface area contributed by atoms with Gasteiger partial charge in [0.05, 0.1) is 12.5 Å². The van der Waals surface area contributed by atoms with Gasteiger partial charge in [0.1, 0.15) is 0 Å². The molecule has 1 amide bonds. The number of carbonyl (C=O) groups excluding carboxylic acids is 1. The molecule has 1 heterocycles. The van der Waals surface area contributed by atoms with Crippen LogP contribution in [-0.4, -0.2) is 48.2 Å². The van der Waals surface area contributed by atoms with Gasteiger partial charge in [0.25, 0.3) is 0 Å². The molecule has 0 aromatic heterocycles. The van der Waals surface area contributed by atoms with Crippen molar-refractivity contribution in [1.29, 1.82) is 0 Å². The zero-order valence-corrected chi connectivity index (χ0v) is 9.98. The van der Waals surface area contributed by atoms with Gasteiger partial charge < -0.3 is 15.3 Å². The van der Waals surface area contributed by atoms with E-state index in [9.17, 15) is 4.79 Å². The summed E-state index contributed by atoms with van der Waals surface area (Å²) in [7, 11) is 0. The summed E-state index contributed by atoms with van der Waals surface area (Å²) in [5.41, 5.74) is 0. The van der Waals surface area contributed by atoms with E-state index in [0.717, 1.165) is 25.9 Å². The summed E-state index contributed by atoms with van der Waals surface area (Å²) in [4.78, 5) is 14.3. The molecule has 92 valence electrons. The zero-order valence-electron chi connectivity index (χ0n) is 9.98. The fourth-order valence-electron chi connectivity index (χ4n) is 2.63. The van der Waals surface area contributed by atoms with Crippen LogP contribution < -0.4 is 5.32 Å². The predicted octanol–water partition coefficient (Wildman–Crippen LogP) is 0.215. The predicted molar refractivity (Wildman–Crippen MR) is 62.0 cm³/mol. The number of carbonyl (C=O) groups is 1. The van der Waals surface area contributed by atoms with Crippen LogP contribution in [0.2, 0.25) is 0 Å². The summed E-state index contributed by atoms with van der Waals surface area (Å²) < 4.78 is 0. The van der Waals surface area contributed by atoms with E-state index >= 15 is 0 Å². The van der Waals surface area contributed by atoms with Crippen LogP contribution in [0.5, 0.6) is 0 Å². The molecule has 2 aliphatic rings. The SMILES string of the molecule is C[C@@H]1CNC[C@H]1C(=O)N(CCO)C1CCC1. The smallest absolute Gasteiger partial charge is 0.227 e. The molecule has 0 spiro atoms. The van der Waals surface area contributed by atoms with Crippen molar-refractivity contribution in [2.24, 2.45) is 11.8 Å². The molecule has 2 rings (SSSR count). The zero-order chi connectivity index (χ0) is 11.5. The number of aliphatic hydroxyl groups excluding tert-OH is 1. The maximum atomic E-state index is 12.4.